The molecule has 0 saturated carbocycles. The summed E-state index contributed by atoms with van der Waals surface area (Å²) in [7, 11) is 0. The van der Waals surface area contributed by atoms with Gasteiger partial charge in [-0.25, -0.2) is 4.98 Å². The Bertz CT molecular complexity index is 1150. The van der Waals surface area contributed by atoms with Gasteiger partial charge in [-0.05, 0) is 47.1 Å². The van der Waals surface area contributed by atoms with E-state index in [0.717, 1.165) is 27.9 Å². The molecule has 0 amide bonds. The second-order valence-electron chi connectivity index (χ2n) is 5.75. The normalized spacial score (nSPS) is 10.7. The highest BCUT2D eigenvalue weighted by Crippen LogP contribution is 2.24. The van der Waals surface area contributed by atoms with Crippen LogP contribution in [0.3, 0.4) is 0 Å². The van der Waals surface area contributed by atoms with Gasteiger partial charge in [0.15, 0.2) is 10.4 Å². The van der Waals surface area contributed by atoms with Crippen LogP contribution in [0.4, 0.5) is 0 Å². The van der Waals surface area contributed by atoms with Crippen LogP contribution in [0.1, 0.15) is 11.1 Å². The van der Waals surface area contributed by atoms with Gasteiger partial charge in [-0.15, -0.1) is 0 Å². The van der Waals surface area contributed by atoms with Crippen LogP contribution in [0.15, 0.2) is 66.9 Å². The van der Waals surface area contributed by atoms with Gasteiger partial charge in [-0.3, -0.25) is 4.57 Å². The van der Waals surface area contributed by atoms with Crippen molar-refractivity contribution in [1.82, 2.24) is 14.5 Å². The monoisotopic (exact) mass is 342 g/mol. The predicted molar refractivity (Wildman–Crippen MR) is 101 cm³/mol. The highest BCUT2D eigenvalue weighted by Gasteiger charge is 2.07. The van der Waals surface area contributed by atoms with Gasteiger partial charge < -0.3 is 4.98 Å². The van der Waals surface area contributed by atoms with Gasteiger partial charge in [-0.1, -0.05) is 42.5 Å². The van der Waals surface area contributed by atoms with Crippen molar-refractivity contribution in [3.05, 3.63) is 82.8 Å². The Morgan fingerprint density at radius 3 is 2.64 bits per heavy atom. The first kappa shape index (κ1) is 15.3. The smallest absolute Gasteiger partial charge is 0.179 e. The fourth-order valence-electron chi connectivity index (χ4n) is 2.94. The maximum atomic E-state index is 9.26. The summed E-state index contributed by atoms with van der Waals surface area (Å²) in [6, 6.07) is 21.9. The number of H-pyrrole nitrogens is 1. The van der Waals surface area contributed by atoms with E-state index in [-0.39, 0.29) is 0 Å². The zero-order valence-electron chi connectivity index (χ0n) is 13.3. The van der Waals surface area contributed by atoms with Crippen LogP contribution < -0.4 is 0 Å². The lowest BCUT2D eigenvalue weighted by Crippen LogP contribution is -2.00. The van der Waals surface area contributed by atoms with E-state index in [1.54, 1.807) is 6.20 Å². The number of nitrogens with zero attached hydrogens (tertiary/aromatic N) is 3. The molecule has 4 nitrogen and oxygen atoms in total. The summed E-state index contributed by atoms with van der Waals surface area (Å²) in [6.45, 7) is 0.649. The molecule has 0 atom stereocenters. The maximum absolute atomic E-state index is 9.26. The van der Waals surface area contributed by atoms with Gasteiger partial charge in [0, 0.05) is 6.20 Å². The van der Waals surface area contributed by atoms with Gasteiger partial charge in [0.1, 0.15) is 0 Å². The SMILES string of the molecule is N#Cc1ccccc1-c1ccc(Cn2c(=S)[nH]c3cccnc32)cc1. The molecule has 0 saturated heterocycles. The van der Waals surface area contributed by atoms with E-state index in [4.69, 9.17) is 12.2 Å². The molecule has 2 aromatic heterocycles. The van der Waals surface area contributed by atoms with Crippen molar-refractivity contribution in [2.24, 2.45) is 0 Å². The lowest BCUT2D eigenvalue weighted by molar-refractivity contribution is 0.801. The highest BCUT2D eigenvalue weighted by molar-refractivity contribution is 7.71. The second kappa shape index (κ2) is 6.34. The lowest BCUT2D eigenvalue weighted by atomic mass is 9.99. The molecule has 0 radical (unpaired) electrons. The molecular weight excluding hydrogens is 328 g/mol. The number of hydrogen-bond acceptors (Lipinski definition) is 3. The maximum Gasteiger partial charge on any atom is 0.179 e. The van der Waals surface area contributed by atoms with Crippen molar-refractivity contribution < 1.29 is 0 Å². The molecule has 0 aliphatic rings. The van der Waals surface area contributed by atoms with E-state index in [1.165, 1.54) is 0 Å². The van der Waals surface area contributed by atoms with Crippen molar-refractivity contribution in [2.45, 2.75) is 6.54 Å². The Labute approximate surface area is 150 Å². The first-order valence-corrected chi connectivity index (χ1v) is 8.29. The number of fused-ring (bicyclic) bond motifs is 1. The lowest BCUT2D eigenvalue weighted by Gasteiger charge is -2.07. The van der Waals surface area contributed by atoms with E-state index < -0.39 is 0 Å². The standard InChI is InChI=1S/C20H14N4S/c21-12-16-4-1-2-5-17(16)15-9-7-14(8-10-15)13-24-19-18(23-20(24)25)6-3-11-22-19/h1-11H,13H2,(H,23,25). The van der Waals surface area contributed by atoms with Crippen LogP contribution in [-0.2, 0) is 6.54 Å². The van der Waals surface area contributed by atoms with Crippen LogP contribution in [-0.4, -0.2) is 14.5 Å². The molecule has 2 heterocycles. The van der Waals surface area contributed by atoms with E-state index in [1.807, 2.05) is 53.1 Å². The van der Waals surface area contributed by atoms with Crippen molar-refractivity contribution in [2.75, 3.05) is 0 Å². The average molecular weight is 342 g/mol. The number of imidazole rings is 1. The number of aromatic nitrogens is 3. The molecule has 25 heavy (non-hydrogen) atoms. The van der Waals surface area contributed by atoms with Crippen molar-refractivity contribution in [1.29, 1.82) is 5.26 Å². The first-order chi connectivity index (χ1) is 12.3. The van der Waals surface area contributed by atoms with Gasteiger partial charge in [0.05, 0.1) is 23.7 Å². The molecule has 0 aliphatic carbocycles. The number of hydrogen-bond donors (Lipinski definition) is 1. The molecule has 0 aliphatic heterocycles. The zero-order valence-corrected chi connectivity index (χ0v) is 14.1. The van der Waals surface area contributed by atoms with E-state index in [2.05, 4.69) is 28.2 Å². The third kappa shape index (κ3) is 2.84. The summed E-state index contributed by atoms with van der Waals surface area (Å²) in [5.74, 6) is 0. The summed E-state index contributed by atoms with van der Waals surface area (Å²) < 4.78 is 2.65. The Hall–Kier alpha value is -3.23. The van der Waals surface area contributed by atoms with E-state index in [9.17, 15) is 5.26 Å². The molecule has 5 heteroatoms. The number of nitriles is 1. The van der Waals surface area contributed by atoms with Gasteiger partial charge in [0.25, 0.3) is 0 Å². The van der Waals surface area contributed by atoms with E-state index >= 15 is 0 Å². The van der Waals surface area contributed by atoms with Crippen LogP contribution >= 0.6 is 12.2 Å². The Balaban J connectivity index is 1.68. The van der Waals surface area contributed by atoms with Crippen molar-refractivity contribution >= 4 is 23.4 Å². The van der Waals surface area contributed by atoms with E-state index in [0.29, 0.717) is 16.9 Å². The second-order valence-corrected chi connectivity index (χ2v) is 6.13. The minimum atomic E-state index is 0.649. The Morgan fingerprint density at radius 2 is 1.84 bits per heavy atom. The summed E-state index contributed by atoms with van der Waals surface area (Å²) in [5, 5.41) is 9.26. The van der Waals surface area contributed by atoms with Crippen molar-refractivity contribution in [3.63, 3.8) is 0 Å². The minimum Gasteiger partial charge on any atom is -0.329 e. The van der Waals surface area contributed by atoms with Gasteiger partial charge >= 0.3 is 0 Å². The Kier molecular flexibility index (Phi) is 3.88. The fourth-order valence-corrected chi connectivity index (χ4v) is 3.20. The van der Waals surface area contributed by atoms with Crippen LogP contribution in [0.5, 0.6) is 0 Å². The molecule has 0 spiro atoms. The molecule has 4 aromatic rings. The number of pyridine rings is 1. The molecule has 1 N–H and O–H groups in total. The largest absolute Gasteiger partial charge is 0.329 e. The van der Waals surface area contributed by atoms with Crippen LogP contribution in [0, 0.1) is 16.1 Å². The molecule has 0 fully saturated rings. The fraction of sp³-hybridized carbons (Fsp3) is 0.0500. The average Bonchev–Trinajstić information content (AvgIpc) is 2.98. The first-order valence-electron chi connectivity index (χ1n) is 7.88. The van der Waals surface area contributed by atoms with Crippen LogP contribution in [0.25, 0.3) is 22.3 Å². The topological polar surface area (TPSA) is 57.4 Å². The summed E-state index contributed by atoms with van der Waals surface area (Å²) in [6.07, 6.45) is 1.77. The quantitative estimate of drug-likeness (QED) is 0.550. The number of nitrogens with one attached hydrogen (secondary N) is 1. The molecule has 0 unspecified atom stereocenters. The molecule has 0 bridgehead atoms. The van der Waals surface area contributed by atoms with Crippen molar-refractivity contribution in [3.8, 4) is 17.2 Å². The summed E-state index contributed by atoms with van der Waals surface area (Å²) in [5.41, 5.74) is 5.57. The molecule has 2 aromatic carbocycles. The summed E-state index contributed by atoms with van der Waals surface area (Å²) in [4.78, 5) is 7.59. The molecule has 4 rings (SSSR count). The molecular formula is C20H14N4S. The molecule has 120 valence electrons. The number of aromatic amines is 1. The minimum absolute atomic E-state index is 0.649. The third-order valence-corrected chi connectivity index (χ3v) is 4.50. The highest BCUT2D eigenvalue weighted by atomic mass is 32.1. The van der Waals surface area contributed by atoms with Gasteiger partial charge in [-0.2, -0.15) is 5.26 Å². The number of rotatable bonds is 3. The summed E-state index contributed by atoms with van der Waals surface area (Å²) >= 11 is 5.42. The van der Waals surface area contributed by atoms with Gasteiger partial charge in [0.2, 0.25) is 0 Å². The van der Waals surface area contributed by atoms with Crippen LogP contribution in [0.2, 0.25) is 0 Å². The zero-order chi connectivity index (χ0) is 17.2. The number of benzene rings is 2. The Morgan fingerprint density at radius 1 is 1.04 bits per heavy atom. The third-order valence-electron chi connectivity index (χ3n) is 4.18. The predicted octanol–water partition coefficient (Wildman–Crippen LogP) is 4.68.